The summed E-state index contributed by atoms with van der Waals surface area (Å²) in [6.07, 6.45) is 0. The van der Waals surface area contributed by atoms with Crippen LogP contribution in [-0.4, -0.2) is 11.6 Å². The van der Waals surface area contributed by atoms with E-state index in [1.807, 2.05) is 0 Å². The highest BCUT2D eigenvalue weighted by atomic mass is 19.1. The van der Waals surface area contributed by atoms with Gasteiger partial charge in [0.05, 0.1) is 11.6 Å². The standard InChI is InChI=1S/C10H12FNO2/c1-7-5-9(8(2)6-11)3-4-10(7)12(13)14/h3-5,8H,6H2,1-2H3. The van der Waals surface area contributed by atoms with Crippen LogP contribution in [0, 0.1) is 17.0 Å². The van der Waals surface area contributed by atoms with Crippen molar-refractivity contribution in [3.05, 3.63) is 39.4 Å². The van der Waals surface area contributed by atoms with Crippen molar-refractivity contribution in [1.82, 2.24) is 0 Å². The summed E-state index contributed by atoms with van der Waals surface area (Å²) in [6.45, 7) is 2.96. The van der Waals surface area contributed by atoms with Crippen molar-refractivity contribution in [3.8, 4) is 0 Å². The number of nitro benzene ring substituents is 1. The number of alkyl halides is 1. The van der Waals surface area contributed by atoms with E-state index >= 15 is 0 Å². The predicted molar refractivity (Wildman–Crippen MR) is 52.2 cm³/mol. The Morgan fingerprint density at radius 2 is 2.21 bits per heavy atom. The third-order valence-corrected chi connectivity index (χ3v) is 2.22. The molecule has 1 rings (SSSR count). The molecule has 76 valence electrons. The summed E-state index contributed by atoms with van der Waals surface area (Å²) >= 11 is 0. The van der Waals surface area contributed by atoms with Crippen molar-refractivity contribution in [2.45, 2.75) is 19.8 Å². The average Bonchev–Trinajstić information content (AvgIpc) is 2.15. The molecule has 1 unspecified atom stereocenters. The molecule has 14 heavy (non-hydrogen) atoms. The minimum absolute atomic E-state index is 0.0832. The van der Waals surface area contributed by atoms with Gasteiger partial charge in [0.15, 0.2) is 0 Å². The molecule has 0 aliphatic carbocycles. The summed E-state index contributed by atoms with van der Waals surface area (Å²) in [4.78, 5) is 10.1. The highest BCUT2D eigenvalue weighted by Crippen LogP contribution is 2.23. The normalized spacial score (nSPS) is 12.5. The van der Waals surface area contributed by atoms with Crippen molar-refractivity contribution in [2.24, 2.45) is 0 Å². The van der Waals surface area contributed by atoms with Gasteiger partial charge in [-0.2, -0.15) is 0 Å². The molecule has 0 aromatic heterocycles. The molecule has 1 aromatic carbocycles. The minimum atomic E-state index is -0.447. The number of nitro groups is 1. The van der Waals surface area contributed by atoms with Gasteiger partial charge in [0.2, 0.25) is 0 Å². The van der Waals surface area contributed by atoms with E-state index in [0.29, 0.717) is 5.56 Å². The maximum Gasteiger partial charge on any atom is 0.272 e. The van der Waals surface area contributed by atoms with Gasteiger partial charge in [-0.1, -0.05) is 13.0 Å². The predicted octanol–water partition coefficient (Wildman–Crippen LogP) is 2.98. The topological polar surface area (TPSA) is 43.1 Å². The molecular weight excluding hydrogens is 185 g/mol. The smallest absolute Gasteiger partial charge is 0.258 e. The van der Waals surface area contributed by atoms with Gasteiger partial charge in [-0.25, -0.2) is 0 Å². The van der Waals surface area contributed by atoms with Crippen LogP contribution >= 0.6 is 0 Å². The summed E-state index contributed by atoms with van der Waals surface area (Å²) < 4.78 is 12.3. The van der Waals surface area contributed by atoms with Gasteiger partial charge in [-0.15, -0.1) is 0 Å². The van der Waals surface area contributed by atoms with Crippen LogP contribution in [-0.2, 0) is 0 Å². The molecule has 0 spiro atoms. The fourth-order valence-corrected chi connectivity index (χ4v) is 1.28. The van der Waals surface area contributed by atoms with E-state index in [9.17, 15) is 14.5 Å². The van der Waals surface area contributed by atoms with E-state index in [0.717, 1.165) is 5.56 Å². The molecule has 3 nitrogen and oxygen atoms in total. The number of hydrogen-bond acceptors (Lipinski definition) is 2. The lowest BCUT2D eigenvalue weighted by Gasteiger charge is -2.07. The SMILES string of the molecule is Cc1cc(C(C)CF)ccc1[N+](=O)[O-]. The lowest BCUT2D eigenvalue weighted by molar-refractivity contribution is -0.385. The molecule has 0 aliphatic heterocycles. The van der Waals surface area contributed by atoms with E-state index < -0.39 is 11.6 Å². The summed E-state index contributed by atoms with van der Waals surface area (Å²) in [5.41, 5.74) is 1.46. The lowest BCUT2D eigenvalue weighted by atomic mass is 10.00. The lowest BCUT2D eigenvalue weighted by Crippen LogP contribution is -1.98. The molecule has 0 bridgehead atoms. The third kappa shape index (κ3) is 2.07. The summed E-state index contributed by atoms with van der Waals surface area (Å²) in [5, 5.41) is 10.5. The molecule has 1 atom stereocenters. The fourth-order valence-electron chi connectivity index (χ4n) is 1.28. The second-order valence-electron chi connectivity index (χ2n) is 3.36. The second kappa shape index (κ2) is 4.17. The Balaban J connectivity index is 3.06. The Hall–Kier alpha value is -1.45. The molecular formula is C10H12FNO2. The van der Waals surface area contributed by atoms with Crippen LogP contribution in [0.25, 0.3) is 0 Å². The number of nitrogens with zero attached hydrogens (tertiary/aromatic N) is 1. The third-order valence-electron chi connectivity index (χ3n) is 2.22. The zero-order valence-electron chi connectivity index (χ0n) is 8.16. The van der Waals surface area contributed by atoms with Gasteiger partial charge in [0.1, 0.15) is 0 Å². The van der Waals surface area contributed by atoms with E-state index in [1.165, 1.54) is 6.07 Å². The first-order chi connectivity index (χ1) is 6.56. The second-order valence-corrected chi connectivity index (χ2v) is 3.36. The van der Waals surface area contributed by atoms with Crippen LogP contribution in [0.1, 0.15) is 24.0 Å². The zero-order valence-corrected chi connectivity index (χ0v) is 8.16. The van der Waals surface area contributed by atoms with Crippen LogP contribution in [0.2, 0.25) is 0 Å². The van der Waals surface area contributed by atoms with E-state index in [2.05, 4.69) is 0 Å². The molecule has 0 amide bonds. The molecule has 0 saturated carbocycles. The minimum Gasteiger partial charge on any atom is -0.258 e. The Labute approximate surface area is 81.7 Å². The Morgan fingerprint density at radius 1 is 1.57 bits per heavy atom. The average molecular weight is 197 g/mol. The Bertz CT molecular complexity index is 352. The van der Waals surface area contributed by atoms with Crippen LogP contribution < -0.4 is 0 Å². The summed E-state index contributed by atoms with van der Waals surface area (Å²) in [6, 6.07) is 4.70. The van der Waals surface area contributed by atoms with Crippen LogP contribution in [0.4, 0.5) is 10.1 Å². The quantitative estimate of drug-likeness (QED) is 0.552. The number of hydrogen-bond donors (Lipinski definition) is 0. The van der Waals surface area contributed by atoms with Crippen molar-refractivity contribution >= 4 is 5.69 Å². The largest absolute Gasteiger partial charge is 0.272 e. The van der Waals surface area contributed by atoms with E-state index in [-0.39, 0.29) is 11.6 Å². The molecule has 4 heteroatoms. The molecule has 0 saturated heterocycles. The number of aryl methyl sites for hydroxylation is 1. The van der Waals surface area contributed by atoms with Crippen LogP contribution in [0.15, 0.2) is 18.2 Å². The molecule has 0 N–H and O–H groups in total. The van der Waals surface area contributed by atoms with Gasteiger partial charge in [0.25, 0.3) is 5.69 Å². The Kier molecular flexibility index (Phi) is 3.17. The maximum absolute atomic E-state index is 12.3. The van der Waals surface area contributed by atoms with Crippen LogP contribution in [0.3, 0.4) is 0 Å². The van der Waals surface area contributed by atoms with Gasteiger partial charge in [-0.3, -0.25) is 14.5 Å². The summed E-state index contributed by atoms with van der Waals surface area (Å²) in [7, 11) is 0. The van der Waals surface area contributed by atoms with Crippen LogP contribution in [0.5, 0.6) is 0 Å². The monoisotopic (exact) mass is 197 g/mol. The summed E-state index contributed by atoms with van der Waals surface area (Å²) in [5.74, 6) is -0.200. The van der Waals surface area contributed by atoms with E-state index in [4.69, 9.17) is 0 Å². The van der Waals surface area contributed by atoms with Crippen molar-refractivity contribution in [3.63, 3.8) is 0 Å². The zero-order chi connectivity index (χ0) is 10.7. The van der Waals surface area contributed by atoms with Crippen molar-refractivity contribution in [2.75, 3.05) is 6.67 Å². The highest BCUT2D eigenvalue weighted by Gasteiger charge is 2.12. The molecule has 0 fully saturated rings. The first-order valence-corrected chi connectivity index (χ1v) is 4.37. The van der Waals surface area contributed by atoms with Gasteiger partial charge in [0, 0.05) is 17.5 Å². The van der Waals surface area contributed by atoms with Crippen molar-refractivity contribution < 1.29 is 9.31 Å². The van der Waals surface area contributed by atoms with Gasteiger partial charge >= 0.3 is 0 Å². The molecule has 0 aliphatic rings. The maximum atomic E-state index is 12.3. The Morgan fingerprint density at radius 3 is 2.64 bits per heavy atom. The number of rotatable bonds is 3. The number of benzene rings is 1. The molecule has 0 heterocycles. The van der Waals surface area contributed by atoms with Gasteiger partial charge < -0.3 is 0 Å². The first kappa shape index (κ1) is 10.6. The molecule has 1 aromatic rings. The van der Waals surface area contributed by atoms with Gasteiger partial charge in [-0.05, 0) is 18.6 Å². The fraction of sp³-hybridized carbons (Fsp3) is 0.400. The molecule has 0 radical (unpaired) electrons. The number of halogens is 1. The van der Waals surface area contributed by atoms with Crippen molar-refractivity contribution in [1.29, 1.82) is 0 Å². The first-order valence-electron chi connectivity index (χ1n) is 4.37. The highest BCUT2D eigenvalue weighted by molar-refractivity contribution is 5.42. The van der Waals surface area contributed by atoms with E-state index in [1.54, 1.807) is 26.0 Å².